The van der Waals surface area contributed by atoms with Gasteiger partial charge in [-0.1, -0.05) is 17.4 Å². The maximum absolute atomic E-state index is 13.0. The second-order valence-corrected chi connectivity index (χ2v) is 8.90. The number of morpholine rings is 1. The molecule has 0 radical (unpaired) electrons. The van der Waals surface area contributed by atoms with Crippen LogP contribution in [0.1, 0.15) is 34.7 Å². The molecular weight excluding hydrogens is 428 g/mol. The Labute approximate surface area is 190 Å². The van der Waals surface area contributed by atoms with Crippen molar-refractivity contribution in [1.82, 2.24) is 9.97 Å². The SMILES string of the molecule is COc1ccc(C2CCOCC2)c2sc(NC(=O)c3ccnc(N4CCOCC4)c3)nc12. The molecule has 2 aromatic heterocycles. The maximum Gasteiger partial charge on any atom is 0.257 e. The fourth-order valence-corrected chi connectivity index (χ4v) is 5.31. The number of amides is 1. The van der Waals surface area contributed by atoms with Crippen molar-refractivity contribution in [1.29, 1.82) is 0 Å². The number of aromatic nitrogens is 2. The number of hydrogen-bond acceptors (Lipinski definition) is 8. The lowest BCUT2D eigenvalue weighted by Gasteiger charge is -2.27. The van der Waals surface area contributed by atoms with Gasteiger partial charge >= 0.3 is 0 Å². The average Bonchev–Trinajstić information content (AvgIpc) is 3.28. The van der Waals surface area contributed by atoms with Gasteiger partial charge in [0.05, 0.1) is 25.0 Å². The molecule has 2 fully saturated rings. The fourth-order valence-electron chi connectivity index (χ4n) is 4.25. The van der Waals surface area contributed by atoms with Gasteiger partial charge in [-0.2, -0.15) is 0 Å². The Balaban J connectivity index is 1.41. The van der Waals surface area contributed by atoms with Gasteiger partial charge in [0.25, 0.3) is 5.91 Å². The first-order valence-corrected chi connectivity index (χ1v) is 11.7. The summed E-state index contributed by atoms with van der Waals surface area (Å²) in [7, 11) is 1.64. The Bertz CT molecular complexity index is 1110. The summed E-state index contributed by atoms with van der Waals surface area (Å²) in [6, 6.07) is 7.64. The van der Waals surface area contributed by atoms with Crippen LogP contribution in [0.5, 0.6) is 5.75 Å². The highest BCUT2D eigenvalue weighted by Crippen LogP contribution is 2.40. The molecule has 32 heavy (non-hydrogen) atoms. The van der Waals surface area contributed by atoms with Gasteiger partial charge in [-0.3, -0.25) is 10.1 Å². The molecule has 0 atom stereocenters. The molecule has 0 saturated carbocycles. The third-order valence-corrected chi connectivity index (χ3v) is 7.00. The van der Waals surface area contributed by atoms with Gasteiger partial charge in [0.2, 0.25) is 0 Å². The summed E-state index contributed by atoms with van der Waals surface area (Å²) in [5.74, 6) is 1.73. The van der Waals surface area contributed by atoms with Gasteiger partial charge in [-0.05, 0) is 42.5 Å². The minimum Gasteiger partial charge on any atom is -0.494 e. The zero-order valence-corrected chi connectivity index (χ0v) is 18.8. The first kappa shape index (κ1) is 21.1. The summed E-state index contributed by atoms with van der Waals surface area (Å²) in [6.07, 6.45) is 3.65. The van der Waals surface area contributed by atoms with Crippen LogP contribution in [0.3, 0.4) is 0 Å². The Hall–Kier alpha value is -2.75. The van der Waals surface area contributed by atoms with Gasteiger partial charge in [0.1, 0.15) is 17.1 Å². The Morgan fingerprint density at radius 2 is 1.94 bits per heavy atom. The number of nitrogens with one attached hydrogen (secondary N) is 1. The topological polar surface area (TPSA) is 85.8 Å². The number of rotatable bonds is 5. The van der Waals surface area contributed by atoms with E-state index >= 15 is 0 Å². The summed E-state index contributed by atoms with van der Waals surface area (Å²) in [6.45, 7) is 4.42. The van der Waals surface area contributed by atoms with Gasteiger partial charge in [-0.25, -0.2) is 9.97 Å². The molecular formula is C23H26N4O4S. The van der Waals surface area contributed by atoms with Crippen molar-refractivity contribution in [3.05, 3.63) is 41.6 Å². The molecule has 0 aliphatic carbocycles. The van der Waals surface area contributed by atoms with Crippen molar-refractivity contribution < 1.29 is 19.0 Å². The number of hydrogen-bond donors (Lipinski definition) is 1. The zero-order chi connectivity index (χ0) is 21.9. The van der Waals surface area contributed by atoms with E-state index in [0.717, 1.165) is 55.2 Å². The van der Waals surface area contributed by atoms with Crippen LogP contribution in [-0.2, 0) is 9.47 Å². The van der Waals surface area contributed by atoms with Crippen LogP contribution in [0, 0.1) is 0 Å². The Morgan fingerprint density at radius 1 is 1.16 bits per heavy atom. The second-order valence-electron chi connectivity index (χ2n) is 7.90. The molecule has 1 amide bonds. The number of nitrogens with zero attached hydrogens (tertiary/aromatic N) is 3. The molecule has 2 aliphatic rings. The Kier molecular flexibility index (Phi) is 6.20. The molecule has 168 valence electrons. The summed E-state index contributed by atoms with van der Waals surface area (Å²) in [5.41, 5.74) is 2.60. The van der Waals surface area contributed by atoms with E-state index in [4.69, 9.17) is 19.2 Å². The molecule has 0 unspecified atom stereocenters. The van der Waals surface area contributed by atoms with E-state index in [-0.39, 0.29) is 5.91 Å². The fraction of sp³-hybridized carbons (Fsp3) is 0.435. The highest BCUT2D eigenvalue weighted by molar-refractivity contribution is 7.22. The molecule has 0 bridgehead atoms. The lowest BCUT2D eigenvalue weighted by atomic mass is 9.91. The van der Waals surface area contributed by atoms with Gasteiger partial charge in [-0.15, -0.1) is 0 Å². The summed E-state index contributed by atoms with van der Waals surface area (Å²) in [4.78, 5) is 24.3. The molecule has 0 spiro atoms. The lowest BCUT2D eigenvalue weighted by molar-refractivity contribution is 0.0856. The number of pyridine rings is 1. The van der Waals surface area contributed by atoms with E-state index in [2.05, 4.69) is 21.3 Å². The normalized spacial score (nSPS) is 17.5. The number of benzene rings is 1. The largest absolute Gasteiger partial charge is 0.494 e. The molecule has 9 heteroatoms. The van der Waals surface area contributed by atoms with Crippen molar-refractivity contribution in [3.8, 4) is 5.75 Å². The van der Waals surface area contributed by atoms with Crippen molar-refractivity contribution in [3.63, 3.8) is 0 Å². The van der Waals surface area contributed by atoms with E-state index in [9.17, 15) is 4.79 Å². The molecule has 4 heterocycles. The van der Waals surface area contributed by atoms with Crippen LogP contribution in [0.25, 0.3) is 10.2 Å². The highest BCUT2D eigenvalue weighted by atomic mass is 32.1. The van der Waals surface area contributed by atoms with Crippen molar-refractivity contribution in [2.75, 3.05) is 56.8 Å². The number of carbonyl (C=O) groups excluding carboxylic acids is 1. The Morgan fingerprint density at radius 3 is 2.72 bits per heavy atom. The van der Waals surface area contributed by atoms with Gasteiger partial charge < -0.3 is 19.1 Å². The third-order valence-electron chi connectivity index (χ3n) is 5.98. The summed E-state index contributed by atoms with van der Waals surface area (Å²) < 4.78 is 17.5. The molecule has 8 nitrogen and oxygen atoms in total. The van der Waals surface area contributed by atoms with Crippen molar-refractivity contribution in [2.24, 2.45) is 0 Å². The quantitative estimate of drug-likeness (QED) is 0.629. The van der Waals surface area contributed by atoms with Crippen LogP contribution in [0.4, 0.5) is 10.9 Å². The third kappa shape index (κ3) is 4.28. The maximum atomic E-state index is 13.0. The first-order chi connectivity index (χ1) is 15.7. The number of methoxy groups -OCH3 is 1. The molecule has 2 saturated heterocycles. The van der Waals surface area contributed by atoms with Crippen LogP contribution in [-0.4, -0.2) is 62.5 Å². The highest BCUT2D eigenvalue weighted by Gasteiger charge is 2.23. The number of thiazole rings is 1. The van der Waals surface area contributed by atoms with Crippen LogP contribution < -0.4 is 15.0 Å². The molecule has 3 aromatic rings. The van der Waals surface area contributed by atoms with Crippen LogP contribution in [0.15, 0.2) is 30.5 Å². The minimum atomic E-state index is -0.201. The van der Waals surface area contributed by atoms with E-state index < -0.39 is 0 Å². The standard InChI is InChI=1S/C23H26N4O4S/c1-29-18-3-2-17(15-5-10-30-11-6-15)21-20(18)25-23(32-21)26-22(28)16-4-7-24-19(14-16)27-8-12-31-13-9-27/h2-4,7,14-15H,5-6,8-13H2,1H3,(H,25,26,28). The van der Waals surface area contributed by atoms with E-state index in [0.29, 0.717) is 35.6 Å². The predicted octanol–water partition coefficient (Wildman–Crippen LogP) is 3.68. The van der Waals surface area contributed by atoms with E-state index in [1.165, 1.54) is 16.9 Å². The molecule has 5 rings (SSSR count). The molecule has 1 N–H and O–H groups in total. The molecule has 2 aliphatic heterocycles. The van der Waals surface area contributed by atoms with Crippen molar-refractivity contribution in [2.45, 2.75) is 18.8 Å². The monoisotopic (exact) mass is 454 g/mol. The number of carbonyl (C=O) groups is 1. The molecule has 1 aromatic carbocycles. The summed E-state index contributed by atoms with van der Waals surface area (Å²) in [5, 5.41) is 3.54. The van der Waals surface area contributed by atoms with Crippen molar-refractivity contribution >= 4 is 38.4 Å². The number of ether oxygens (including phenoxy) is 3. The lowest BCUT2D eigenvalue weighted by Crippen LogP contribution is -2.36. The summed E-state index contributed by atoms with van der Waals surface area (Å²) >= 11 is 1.50. The predicted molar refractivity (Wildman–Crippen MR) is 124 cm³/mol. The smallest absolute Gasteiger partial charge is 0.257 e. The van der Waals surface area contributed by atoms with Crippen LogP contribution >= 0.6 is 11.3 Å². The second kappa shape index (κ2) is 9.40. The minimum absolute atomic E-state index is 0.201. The van der Waals surface area contributed by atoms with Crippen LogP contribution in [0.2, 0.25) is 0 Å². The van der Waals surface area contributed by atoms with E-state index in [1.54, 1.807) is 19.4 Å². The first-order valence-electron chi connectivity index (χ1n) is 10.9. The average molecular weight is 455 g/mol. The van der Waals surface area contributed by atoms with E-state index in [1.807, 2.05) is 12.1 Å². The zero-order valence-electron chi connectivity index (χ0n) is 18.0. The van der Waals surface area contributed by atoms with Gasteiger partial charge in [0.15, 0.2) is 5.13 Å². The number of anilines is 2. The van der Waals surface area contributed by atoms with Gasteiger partial charge in [0, 0.05) is 38.1 Å². The number of fused-ring (bicyclic) bond motifs is 1.